The quantitative estimate of drug-likeness (QED) is 0.391. The van der Waals surface area contributed by atoms with Crippen LogP contribution in [0.15, 0.2) is 12.1 Å². The van der Waals surface area contributed by atoms with E-state index in [1.807, 2.05) is 13.0 Å². The molecule has 0 N–H and O–H groups in total. The Labute approximate surface area is 176 Å². The van der Waals surface area contributed by atoms with Crippen molar-refractivity contribution in [2.45, 2.75) is 96.8 Å². The van der Waals surface area contributed by atoms with Crippen LogP contribution in [-0.2, 0) is 0 Å². The fraction of sp³-hybridized carbons (Fsp3) is 0.760. The maximum absolute atomic E-state index is 14.5. The van der Waals surface area contributed by atoms with E-state index in [1.54, 1.807) is 6.07 Å². The predicted octanol–water partition coefficient (Wildman–Crippen LogP) is 8.54. The van der Waals surface area contributed by atoms with Gasteiger partial charge in [-0.1, -0.05) is 63.1 Å². The molecule has 1 aromatic carbocycles. The maximum atomic E-state index is 14.5. The van der Waals surface area contributed by atoms with E-state index in [0.29, 0.717) is 12.5 Å². The molecule has 2 aliphatic rings. The van der Waals surface area contributed by atoms with Gasteiger partial charge in [0, 0.05) is 0 Å². The first-order chi connectivity index (χ1) is 13.6. The van der Waals surface area contributed by atoms with Gasteiger partial charge in [-0.15, -0.1) is 0 Å². The average molecular weight is 409 g/mol. The maximum Gasteiger partial charge on any atom is 0.183 e. The molecule has 0 radical (unpaired) electrons. The fourth-order valence-corrected chi connectivity index (χ4v) is 5.97. The average Bonchev–Trinajstić information content (AvgIpc) is 2.73. The van der Waals surface area contributed by atoms with Gasteiger partial charge in [0.25, 0.3) is 0 Å². The third kappa shape index (κ3) is 5.43. The van der Waals surface area contributed by atoms with Crippen LogP contribution in [-0.4, -0.2) is 6.61 Å². The van der Waals surface area contributed by atoms with Gasteiger partial charge in [0.15, 0.2) is 11.6 Å². The van der Waals surface area contributed by atoms with Crippen LogP contribution in [0, 0.1) is 23.6 Å². The molecule has 0 aliphatic heterocycles. The van der Waals surface area contributed by atoms with Gasteiger partial charge >= 0.3 is 0 Å². The second-order valence-electron chi connectivity index (χ2n) is 9.10. The summed E-state index contributed by atoms with van der Waals surface area (Å²) in [5.41, 5.74) is 0.987. The Morgan fingerprint density at radius 3 is 2.18 bits per heavy atom. The van der Waals surface area contributed by atoms with Crippen molar-refractivity contribution in [1.29, 1.82) is 0 Å². The summed E-state index contributed by atoms with van der Waals surface area (Å²) < 4.78 is 19.8. The number of benzene rings is 1. The number of rotatable bonds is 8. The van der Waals surface area contributed by atoms with E-state index in [9.17, 15) is 4.39 Å². The Balaban J connectivity index is 1.48. The minimum absolute atomic E-state index is 0.278. The van der Waals surface area contributed by atoms with E-state index in [0.717, 1.165) is 36.2 Å². The van der Waals surface area contributed by atoms with Crippen molar-refractivity contribution in [2.75, 3.05) is 6.61 Å². The summed E-state index contributed by atoms with van der Waals surface area (Å²) in [5.74, 6) is 3.09. The lowest BCUT2D eigenvalue weighted by atomic mass is 9.68. The third-order valence-electron chi connectivity index (χ3n) is 7.36. The summed E-state index contributed by atoms with van der Waals surface area (Å²) in [6.45, 7) is 4.61. The third-order valence-corrected chi connectivity index (χ3v) is 7.75. The molecule has 0 spiro atoms. The van der Waals surface area contributed by atoms with E-state index in [-0.39, 0.29) is 16.6 Å². The van der Waals surface area contributed by atoms with Gasteiger partial charge in [0.1, 0.15) is 0 Å². The van der Waals surface area contributed by atoms with Crippen LogP contribution in [0.4, 0.5) is 4.39 Å². The molecule has 2 fully saturated rings. The summed E-state index contributed by atoms with van der Waals surface area (Å²) in [4.78, 5) is 0. The van der Waals surface area contributed by atoms with E-state index in [1.165, 1.54) is 64.2 Å². The summed E-state index contributed by atoms with van der Waals surface area (Å²) in [5, 5.41) is 0.280. The largest absolute Gasteiger partial charge is 0.491 e. The molecule has 3 rings (SSSR count). The molecule has 0 unspecified atom stereocenters. The number of hydrogen-bond donors (Lipinski definition) is 0. The molecule has 0 heterocycles. The van der Waals surface area contributed by atoms with Gasteiger partial charge in [-0.05, 0) is 80.8 Å². The standard InChI is InChI=1S/C25H38ClFO/c1-3-5-6-7-18-8-10-19(11-9-18)20-12-14-21(15-13-20)22-16-17-23(28-4-2)25(27)24(22)26/h16-21H,3-15H2,1-2H3. The van der Waals surface area contributed by atoms with Crippen molar-refractivity contribution in [3.05, 3.63) is 28.5 Å². The normalized spacial score (nSPS) is 28.3. The molecule has 0 atom stereocenters. The molecular formula is C25H38ClFO. The lowest BCUT2D eigenvalue weighted by Gasteiger charge is -2.38. The smallest absolute Gasteiger partial charge is 0.183 e. The molecule has 0 amide bonds. The molecule has 1 aromatic rings. The summed E-state index contributed by atoms with van der Waals surface area (Å²) in [6, 6.07) is 3.74. The van der Waals surface area contributed by atoms with Crippen molar-refractivity contribution >= 4 is 11.6 Å². The zero-order valence-electron chi connectivity index (χ0n) is 17.8. The number of unbranched alkanes of at least 4 members (excludes halogenated alkanes) is 2. The first kappa shape index (κ1) is 21.9. The van der Waals surface area contributed by atoms with Crippen molar-refractivity contribution in [3.63, 3.8) is 0 Å². The summed E-state index contributed by atoms with van der Waals surface area (Å²) in [7, 11) is 0. The molecule has 28 heavy (non-hydrogen) atoms. The molecule has 3 heteroatoms. The minimum atomic E-state index is -0.385. The van der Waals surface area contributed by atoms with Crippen LogP contribution >= 0.6 is 11.6 Å². The van der Waals surface area contributed by atoms with Gasteiger partial charge in [-0.2, -0.15) is 0 Å². The summed E-state index contributed by atoms with van der Waals surface area (Å²) in [6.07, 6.45) is 16.2. The van der Waals surface area contributed by atoms with E-state index < -0.39 is 0 Å². The molecule has 1 nitrogen and oxygen atoms in total. The van der Waals surface area contributed by atoms with Gasteiger partial charge in [0.05, 0.1) is 11.6 Å². The molecule has 2 aliphatic carbocycles. The van der Waals surface area contributed by atoms with Crippen molar-refractivity contribution in [3.8, 4) is 5.75 Å². The Morgan fingerprint density at radius 1 is 0.929 bits per heavy atom. The number of ether oxygens (including phenoxy) is 1. The second kappa shape index (κ2) is 10.9. The van der Waals surface area contributed by atoms with E-state index >= 15 is 0 Å². The van der Waals surface area contributed by atoms with Crippen molar-refractivity contribution in [2.24, 2.45) is 17.8 Å². The molecule has 2 saturated carbocycles. The van der Waals surface area contributed by atoms with Crippen molar-refractivity contribution in [1.82, 2.24) is 0 Å². The van der Waals surface area contributed by atoms with Crippen molar-refractivity contribution < 1.29 is 9.13 Å². The number of hydrogen-bond acceptors (Lipinski definition) is 1. The molecule has 158 valence electrons. The first-order valence-corrected chi connectivity index (χ1v) is 12.1. The Hall–Kier alpha value is -0.760. The van der Waals surface area contributed by atoms with Gasteiger partial charge in [0.2, 0.25) is 0 Å². The molecule has 0 aromatic heterocycles. The van der Waals surface area contributed by atoms with Crippen LogP contribution < -0.4 is 4.74 Å². The first-order valence-electron chi connectivity index (χ1n) is 11.7. The Kier molecular flexibility index (Phi) is 8.51. The van der Waals surface area contributed by atoms with E-state index in [2.05, 4.69) is 6.92 Å². The SMILES string of the molecule is CCCCCC1CCC(C2CCC(c3ccc(OCC)c(F)c3Cl)CC2)CC1. The monoisotopic (exact) mass is 408 g/mol. The van der Waals surface area contributed by atoms with Crippen LogP contribution in [0.2, 0.25) is 5.02 Å². The minimum Gasteiger partial charge on any atom is -0.491 e. The lowest BCUT2D eigenvalue weighted by Crippen LogP contribution is -2.25. The number of halogens is 2. The predicted molar refractivity (Wildman–Crippen MR) is 117 cm³/mol. The van der Waals surface area contributed by atoms with Crippen LogP contribution in [0.1, 0.15) is 102 Å². The zero-order valence-corrected chi connectivity index (χ0v) is 18.6. The fourth-order valence-electron chi connectivity index (χ4n) is 5.66. The Morgan fingerprint density at radius 2 is 1.57 bits per heavy atom. The highest BCUT2D eigenvalue weighted by Gasteiger charge is 2.32. The Bertz CT molecular complexity index is 601. The summed E-state index contributed by atoms with van der Waals surface area (Å²) >= 11 is 6.37. The van der Waals surface area contributed by atoms with Gasteiger partial charge in [-0.25, -0.2) is 4.39 Å². The van der Waals surface area contributed by atoms with Gasteiger partial charge in [-0.3, -0.25) is 0 Å². The van der Waals surface area contributed by atoms with Crippen LogP contribution in [0.25, 0.3) is 0 Å². The van der Waals surface area contributed by atoms with Gasteiger partial charge < -0.3 is 4.74 Å². The highest BCUT2D eigenvalue weighted by Crippen LogP contribution is 2.46. The molecular weight excluding hydrogens is 371 g/mol. The molecule has 0 bridgehead atoms. The molecule has 0 saturated heterocycles. The zero-order chi connectivity index (χ0) is 19.9. The lowest BCUT2D eigenvalue weighted by molar-refractivity contribution is 0.155. The second-order valence-corrected chi connectivity index (χ2v) is 9.48. The van der Waals surface area contributed by atoms with E-state index in [4.69, 9.17) is 16.3 Å². The van der Waals surface area contributed by atoms with Crippen LogP contribution in [0.5, 0.6) is 5.75 Å². The van der Waals surface area contributed by atoms with Crippen LogP contribution in [0.3, 0.4) is 0 Å². The highest BCUT2D eigenvalue weighted by atomic mass is 35.5. The highest BCUT2D eigenvalue weighted by molar-refractivity contribution is 6.31. The topological polar surface area (TPSA) is 9.23 Å².